The molecule has 1 atom stereocenters. The molecule has 1 saturated heterocycles. The van der Waals surface area contributed by atoms with E-state index in [9.17, 15) is 13.2 Å². The molecular weight excluding hydrogens is 436 g/mol. The van der Waals surface area contributed by atoms with Gasteiger partial charge in [-0.2, -0.15) is 4.31 Å². The highest BCUT2D eigenvalue weighted by atomic mass is 32.2. The van der Waals surface area contributed by atoms with E-state index in [1.807, 2.05) is 49.4 Å². The lowest BCUT2D eigenvalue weighted by Gasteiger charge is -2.20. The van der Waals surface area contributed by atoms with Crippen molar-refractivity contribution < 1.29 is 17.9 Å². The van der Waals surface area contributed by atoms with Crippen LogP contribution in [0.5, 0.6) is 5.75 Å². The Labute approximate surface area is 195 Å². The van der Waals surface area contributed by atoms with E-state index in [4.69, 9.17) is 4.74 Å². The van der Waals surface area contributed by atoms with Crippen LogP contribution in [0.4, 0.5) is 5.69 Å². The molecule has 6 nitrogen and oxygen atoms in total. The largest absolute Gasteiger partial charge is 0.480 e. The van der Waals surface area contributed by atoms with Crippen LogP contribution < -0.4 is 10.1 Å². The van der Waals surface area contributed by atoms with Crippen molar-refractivity contribution in [1.29, 1.82) is 0 Å². The Morgan fingerprint density at radius 1 is 0.939 bits per heavy atom. The Hall–Kier alpha value is -2.90. The Balaban J connectivity index is 1.45. The highest BCUT2D eigenvalue weighted by molar-refractivity contribution is 7.89. The number of hydrogen-bond donors (Lipinski definition) is 1. The van der Waals surface area contributed by atoms with E-state index in [0.29, 0.717) is 30.9 Å². The quantitative estimate of drug-likeness (QED) is 0.519. The van der Waals surface area contributed by atoms with E-state index in [2.05, 4.69) is 5.32 Å². The fourth-order valence-electron chi connectivity index (χ4n) is 4.14. The lowest BCUT2D eigenvalue weighted by molar-refractivity contribution is -0.122. The Kier molecular flexibility index (Phi) is 7.30. The van der Waals surface area contributed by atoms with Crippen LogP contribution in [0.25, 0.3) is 10.8 Å². The monoisotopic (exact) mass is 466 g/mol. The number of amides is 1. The number of sulfonamides is 1. The van der Waals surface area contributed by atoms with E-state index >= 15 is 0 Å². The summed E-state index contributed by atoms with van der Waals surface area (Å²) in [6.45, 7) is 3.02. The van der Waals surface area contributed by atoms with E-state index in [0.717, 1.165) is 36.5 Å². The molecule has 0 aromatic heterocycles. The fraction of sp³-hybridized carbons (Fsp3) is 0.346. The molecular formula is C26H30N2O4S. The van der Waals surface area contributed by atoms with Crippen LogP contribution in [-0.4, -0.2) is 37.8 Å². The third kappa shape index (κ3) is 5.37. The molecule has 3 aromatic rings. The minimum Gasteiger partial charge on any atom is -0.480 e. The van der Waals surface area contributed by atoms with Gasteiger partial charge < -0.3 is 10.1 Å². The van der Waals surface area contributed by atoms with Gasteiger partial charge in [-0.15, -0.1) is 0 Å². The van der Waals surface area contributed by atoms with Crippen molar-refractivity contribution in [2.24, 2.45) is 0 Å². The summed E-state index contributed by atoms with van der Waals surface area (Å²) in [7, 11) is -3.52. The van der Waals surface area contributed by atoms with Gasteiger partial charge in [0.1, 0.15) is 5.75 Å². The van der Waals surface area contributed by atoms with Crippen LogP contribution in [0.3, 0.4) is 0 Å². The number of anilines is 1. The maximum Gasteiger partial charge on any atom is 0.265 e. The van der Waals surface area contributed by atoms with Gasteiger partial charge in [-0.25, -0.2) is 8.42 Å². The highest BCUT2D eigenvalue weighted by Gasteiger charge is 2.25. The lowest BCUT2D eigenvalue weighted by Crippen LogP contribution is -2.33. The van der Waals surface area contributed by atoms with Crippen LogP contribution in [0.1, 0.15) is 39.0 Å². The van der Waals surface area contributed by atoms with Gasteiger partial charge in [0.15, 0.2) is 6.10 Å². The number of fused-ring (bicyclic) bond motifs is 1. The van der Waals surface area contributed by atoms with Crippen LogP contribution in [-0.2, 0) is 14.8 Å². The van der Waals surface area contributed by atoms with Gasteiger partial charge in [0.25, 0.3) is 5.91 Å². The Morgan fingerprint density at radius 3 is 2.30 bits per heavy atom. The number of benzene rings is 3. The second kappa shape index (κ2) is 10.4. The molecule has 1 heterocycles. The molecule has 7 heteroatoms. The predicted octanol–water partition coefficient (Wildman–Crippen LogP) is 5.20. The lowest BCUT2D eigenvalue weighted by atomic mass is 10.1. The topological polar surface area (TPSA) is 75.7 Å². The molecule has 33 heavy (non-hydrogen) atoms. The maximum atomic E-state index is 13.0. The summed E-state index contributed by atoms with van der Waals surface area (Å²) in [4.78, 5) is 13.1. The van der Waals surface area contributed by atoms with Crippen molar-refractivity contribution in [1.82, 2.24) is 4.31 Å². The van der Waals surface area contributed by atoms with Crippen molar-refractivity contribution in [3.8, 4) is 5.75 Å². The van der Waals surface area contributed by atoms with E-state index in [1.54, 1.807) is 28.6 Å². The summed E-state index contributed by atoms with van der Waals surface area (Å²) < 4.78 is 33.5. The van der Waals surface area contributed by atoms with E-state index in [1.165, 1.54) is 0 Å². The molecule has 0 saturated carbocycles. The van der Waals surface area contributed by atoms with Gasteiger partial charge in [-0.1, -0.05) is 56.2 Å². The van der Waals surface area contributed by atoms with Crippen molar-refractivity contribution in [2.75, 3.05) is 18.4 Å². The van der Waals surface area contributed by atoms with Crippen molar-refractivity contribution in [3.63, 3.8) is 0 Å². The third-order valence-corrected chi connectivity index (χ3v) is 7.92. The van der Waals surface area contributed by atoms with Crippen LogP contribution in [0.15, 0.2) is 71.6 Å². The highest BCUT2D eigenvalue weighted by Crippen LogP contribution is 2.27. The minimum absolute atomic E-state index is 0.251. The van der Waals surface area contributed by atoms with Gasteiger partial charge >= 0.3 is 0 Å². The summed E-state index contributed by atoms with van der Waals surface area (Å²) in [5.41, 5.74) is 0.537. The van der Waals surface area contributed by atoms with Crippen molar-refractivity contribution >= 4 is 32.4 Å². The van der Waals surface area contributed by atoms with Gasteiger partial charge in [-0.3, -0.25) is 4.79 Å². The van der Waals surface area contributed by atoms with Crippen molar-refractivity contribution in [3.05, 3.63) is 66.7 Å². The Morgan fingerprint density at radius 2 is 1.61 bits per heavy atom. The first kappa shape index (κ1) is 23.3. The zero-order valence-corrected chi connectivity index (χ0v) is 19.7. The maximum absolute atomic E-state index is 13.0. The molecule has 0 radical (unpaired) electrons. The first-order chi connectivity index (χ1) is 16.0. The first-order valence-corrected chi connectivity index (χ1v) is 13.0. The summed E-state index contributed by atoms with van der Waals surface area (Å²) >= 11 is 0. The number of nitrogens with one attached hydrogen (secondary N) is 1. The molecule has 1 fully saturated rings. The van der Waals surface area contributed by atoms with E-state index in [-0.39, 0.29) is 10.8 Å². The number of nitrogens with zero attached hydrogens (tertiary/aromatic N) is 1. The number of carbonyl (C=O) groups excluding carboxylic acids is 1. The Bertz CT molecular complexity index is 1200. The predicted molar refractivity (Wildman–Crippen MR) is 131 cm³/mol. The second-order valence-corrected chi connectivity index (χ2v) is 10.3. The van der Waals surface area contributed by atoms with Gasteiger partial charge in [0.2, 0.25) is 10.0 Å². The number of carbonyl (C=O) groups is 1. The molecule has 0 spiro atoms. The van der Waals surface area contributed by atoms with Gasteiger partial charge in [-0.05, 0) is 55.0 Å². The molecule has 1 amide bonds. The zero-order valence-electron chi connectivity index (χ0n) is 18.9. The fourth-order valence-corrected chi connectivity index (χ4v) is 5.66. The summed E-state index contributed by atoms with van der Waals surface area (Å²) in [5, 5.41) is 4.86. The van der Waals surface area contributed by atoms with Gasteiger partial charge in [0, 0.05) is 24.2 Å². The summed E-state index contributed by atoms with van der Waals surface area (Å²) in [5.74, 6) is 0.391. The molecule has 0 aliphatic carbocycles. The molecule has 1 aliphatic heterocycles. The number of ether oxygens (including phenoxy) is 1. The zero-order chi connectivity index (χ0) is 23.3. The normalized spacial score (nSPS) is 16.2. The average molecular weight is 467 g/mol. The smallest absolute Gasteiger partial charge is 0.265 e. The first-order valence-electron chi connectivity index (χ1n) is 11.5. The summed E-state index contributed by atoms with van der Waals surface area (Å²) in [6.07, 6.45) is 3.74. The van der Waals surface area contributed by atoms with Crippen molar-refractivity contribution in [2.45, 2.75) is 50.0 Å². The van der Waals surface area contributed by atoms with Gasteiger partial charge in [0.05, 0.1) is 4.90 Å². The molecule has 174 valence electrons. The number of rotatable bonds is 7. The molecule has 3 aromatic carbocycles. The molecule has 0 bridgehead atoms. The molecule has 1 aliphatic rings. The standard InChI is InChI=1S/C26H30N2O4S/c1-2-24(32-25-13-9-11-20-10-5-6-12-23(20)25)26(29)27-21-14-16-22(17-15-21)33(30,31)28-18-7-3-4-8-19-28/h5-6,9-17,24H,2-4,7-8,18-19H2,1H3,(H,27,29). The minimum atomic E-state index is -3.52. The van der Waals surface area contributed by atoms with Crippen LogP contribution in [0.2, 0.25) is 0 Å². The molecule has 4 rings (SSSR count). The summed E-state index contributed by atoms with van der Waals surface area (Å²) in [6, 6.07) is 20.0. The van der Waals surface area contributed by atoms with Crippen LogP contribution in [0, 0.1) is 0 Å². The molecule has 1 unspecified atom stereocenters. The SMILES string of the molecule is CCC(Oc1cccc2ccccc12)C(=O)Nc1ccc(S(=O)(=O)N2CCCCCC2)cc1. The van der Waals surface area contributed by atoms with E-state index < -0.39 is 16.1 Å². The van der Waals surface area contributed by atoms with Crippen LogP contribution >= 0.6 is 0 Å². The third-order valence-electron chi connectivity index (χ3n) is 6.01. The second-order valence-electron chi connectivity index (χ2n) is 8.32. The average Bonchev–Trinajstić information content (AvgIpc) is 3.13. The number of hydrogen-bond acceptors (Lipinski definition) is 4. The molecule has 1 N–H and O–H groups in total.